The minimum absolute atomic E-state index is 0.0314. The van der Waals surface area contributed by atoms with E-state index in [1.807, 2.05) is 30.2 Å². The minimum Gasteiger partial charge on any atom is -0.280 e. The number of hydrazone groups is 2. The summed E-state index contributed by atoms with van der Waals surface area (Å²) in [6.07, 6.45) is 6.49. The second-order valence-corrected chi connectivity index (χ2v) is 4.60. The third-order valence-electron chi connectivity index (χ3n) is 2.79. The lowest BCUT2D eigenvalue weighted by Crippen LogP contribution is -2.37. The zero-order valence-corrected chi connectivity index (χ0v) is 10.6. The van der Waals surface area contributed by atoms with Crippen molar-refractivity contribution in [1.82, 2.24) is 15.4 Å². The molecule has 3 rings (SSSR count). The van der Waals surface area contributed by atoms with E-state index in [0.29, 0.717) is 11.6 Å². The van der Waals surface area contributed by atoms with E-state index in [9.17, 15) is 0 Å². The first-order valence-electron chi connectivity index (χ1n) is 5.67. The standard InChI is InChI=1S/C12H12ClN5/c1-8-2-5-11-15-16-12(18(11)17-8)6-9-3-4-10(13)14-7-9/h2-5,7,11,15H,6H2,1H3. The van der Waals surface area contributed by atoms with E-state index < -0.39 is 0 Å². The molecule has 1 N–H and O–H groups in total. The van der Waals surface area contributed by atoms with Gasteiger partial charge in [-0.05, 0) is 30.7 Å². The monoisotopic (exact) mass is 261 g/mol. The summed E-state index contributed by atoms with van der Waals surface area (Å²) in [7, 11) is 0. The summed E-state index contributed by atoms with van der Waals surface area (Å²) in [6, 6.07) is 3.73. The molecule has 6 heteroatoms. The summed E-state index contributed by atoms with van der Waals surface area (Å²) in [5.41, 5.74) is 5.06. The molecule has 5 nitrogen and oxygen atoms in total. The molecule has 0 amide bonds. The average Bonchev–Trinajstić information content (AvgIpc) is 2.75. The second-order valence-electron chi connectivity index (χ2n) is 4.21. The van der Waals surface area contributed by atoms with Gasteiger partial charge in [-0.2, -0.15) is 10.2 Å². The lowest BCUT2D eigenvalue weighted by atomic mass is 10.2. The number of fused-ring (bicyclic) bond motifs is 1. The van der Waals surface area contributed by atoms with Crippen molar-refractivity contribution >= 4 is 23.1 Å². The number of halogens is 1. The van der Waals surface area contributed by atoms with Crippen LogP contribution in [0.4, 0.5) is 0 Å². The second kappa shape index (κ2) is 4.42. The Bertz CT molecular complexity index is 546. The van der Waals surface area contributed by atoms with Crippen molar-refractivity contribution in [3.8, 4) is 0 Å². The summed E-state index contributed by atoms with van der Waals surface area (Å²) in [5, 5.41) is 11.2. The normalized spacial score (nSPS) is 21.2. The van der Waals surface area contributed by atoms with Crippen LogP contribution in [0.15, 0.2) is 40.7 Å². The first kappa shape index (κ1) is 11.2. The highest BCUT2D eigenvalue weighted by Gasteiger charge is 2.27. The predicted octanol–water partition coefficient (Wildman–Crippen LogP) is 1.77. The molecule has 2 aliphatic rings. The van der Waals surface area contributed by atoms with Gasteiger partial charge in [0.2, 0.25) is 0 Å². The maximum absolute atomic E-state index is 5.76. The van der Waals surface area contributed by atoms with Crippen LogP contribution in [0.3, 0.4) is 0 Å². The highest BCUT2D eigenvalue weighted by atomic mass is 35.5. The van der Waals surface area contributed by atoms with Gasteiger partial charge in [0.05, 0.1) is 5.71 Å². The predicted molar refractivity (Wildman–Crippen MR) is 71.4 cm³/mol. The smallest absolute Gasteiger partial charge is 0.157 e. The molecule has 18 heavy (non-hydrogen) atoms. The quantitative estimate of drug-likeness (QED) is 0.826. The number of hydrogen-bond donors (Lipinski definition) is 1. The van der Waals surface area contributed by atoms with Gasteiger partial charge in [-0.3, -0.25) is 5.43 Å². The molecular weight excluding hydrogens is 250 g/mol. The Morgan fingerprint density at radius 3 is 3.11 bits per heavy atom. The molecule has 0 spiro atoms. The van der Waals surface area contributed by atoms with Crippen molar-refractivity contribution in [3.63, 3.8) is 0 Å². The number of amidine groups is 1. The average molecular weight is 262 g/mol. The molecule has 0 fully saturated rings. The zero-order valence-electron chi connectivity index (χ0n) is 9.84. The van der Waals surface area contributed by atoms with E-state index in [1.165, 1.54) is 0 Å². The molecule has 0 saturated carbocycles. The van der Waals surface area contributed by atoms with Crippen molar-refractivity contribution in [1.29, 1.82) is 0 Å². The van der Waals surface area contributed by atoms with Crippen molar-refractivity contribution in [3.05, 3.63) is 41.2 Å². The fourth-order valence-corrected chi connectivity index (χ4v) is 2.01. The van der Waals surface area contributed by atoms with E-state index in [4.69, 9.17) is 11.6 Å². The topological polar surface area (TPSA) is 52.9 Å². The first-order chi connectivity index (χ1) is 8.72. The summed E-state index contributed by atoms with van der Waals surface area (Å²) in [6.45, 7) is 1.96. The van der Waals surface area contributed by atoms with Gasteiger partial charge in [-0.15, -0.1) is 0 Å². The maximum atomic E-state index is 5.76. The summed E-state index contributed by atoms with van der Waals surface area (Å²) < 4.78 is 0. The fraction of sp³-hybridized carbons (Fsp3) is 0.250. The fourth-order valence-electron chi connectivity index (χ4n) is 1.90. The Morgan fingerprint density at radius 2 is 2.33 bits per heavy atom. The number of hydrogen-bond acceptors (Lipinski definition) is 5. The molecule has 0 aromatic carbocycles. The molecule has 2 aliphatic heterocycles. The van der Waals surface area contributed by atoms with E-state index >= 15 is 0 Å². The zero-order chi connectivity index (χ0) is 12.5. The van der Waals surface area contributed by atoms with Gasteiger partial charge in [-0.1, -0.05) is 17.7 Å². The van der Waals surface area contributed by atoms with Gasteiger partial charge in [0.1, 0.15) is 5.15 Å². The third kappa shape index (κ3) is 2.09. The number of allylic oxidation sites excluding steroid dienone is 1. The largest absolute Gasteiger partial charge is 0.280 e. The highest BCUT2D eigenvalue weighted by Crippen LogP contribution is 2.16. The van der Waals surface area contributed by atoms with Gasteiger partial charge >= 0.3 is 0 Å². The molecule has 0 bridgehead atoms. The lowest BCUT2D eigenvalue weighted by Gasteiger charge is -2.22. The molecule has 1 aromatic heterocycles. The van der Waals surface area contributed by atoms with Crippen molar-refractivity contribution < 1.29 is 0 Å². The van der Waals surface area contributed by atoms with E-state index in [2.05, 4.69) is 20.6 Å². The molecule has 0 radical (unpaired) electrons. The molecule has 92 valence electrons. The molecule has 1 atom stereocenters. The molecular formula is C12H12ClN5. The van der Waals surface area contributed by atoms with Crippen LogP contribution in [0.5, 0.6) is 0 Å². The van der Waals surface area contributed by atoms with Crippen LogP contribution in [0.25, 0.3) is 0 Å². The van der Waals surface area contributed by atoms with Crippen LogP contribution in [0.2, 0.25) is 5.15 Å². The summed E-state index contributed by atoms with van der Waals surface area (Å²) in [4.78, 5) is 4.06. The maximum Gasteiger partial charge on any atom is 0.157 e. The summed E-state index contributed by atoms with van der Waals surface area (Å²) in [5.74, 6) is 0.882. The van der Waals surface area contributed by atoms with Crippen LogP contribution >= 0.6 is 11.6 Å². The Hall–Kier alpha value is -1.88. The van der Waals surface area contributed by atoms with E-state index in [0.717, 1.165) is 17.1 Å². The Morgan fingerprint density at radius 1 is 1.44 bits per heavy atom. The Kier molecular flexibility index (Phi) is 2.76. The summed E-state index contributed by atoms with van der Waals surface area (Å²) >= 11 is 5.76. The van der Waals surface area contributed by atoms with Crippen LogP contribution in [-0.2, 0) is 6.42 Å². The third-order valence-corrected chi connectivity index (χ3v) is 3.01. The van der Waals surface area contributed by atoms with Crippen molar-refractivity contribution in [2.45, 2.75) is 19.5 Å². The van der Waals surface area contributed by atoms with Gasteiger partial charge in [0.15, 0.2) is 12.0 Å². The number of aromatic nitrogens is 1. The van der Waals surface area contributed by atoms with E-state index in [1.54, 1.807) is 12.3 Å². The Labute approximate surface area is 110 Å². The molecule has 3 heterocycles. The number of nitrogens with one attached hydrogen (secondary N) is 1. The Balaban J connectivity index is 1.78. The van der Waals surface area contributed by atoms with Crippen LogP contribution < -0.4 is 5.43 Å². The number of rotatable bonds is 2. The van der Waals surface area contributed by atoms with Crippen LogP contribution in [0, 0.1) is 0 Å². The van der Waals surface area contributed by atoms with Gasteiger partial charge in [0, 0.05) is 12.6 Å². The van der Waals surface area contributed by atoms with Crippen LogP contribution in [-0.4, -0.2) is 27.7 Å². The van der Waals surface area contributed by atoms with Crippen molar-refractivity contribution in [2.24, 2.45) is 10.2 Å². The van der Waals surface area contributed by atoms with Crippen LogP contribution in [0.1, 0.15) is 12.5 Å². The number of pyridine rings is 1. The lowest BCUT2D eigenvalue weighted by molar-refractivity contribution is 0.361. The molecule has 0 saturated heterocycles. The number of nitrogens with zero attached hydrogens (tertiary/aromatic N) is 4. The SMILES string of the molecule is CC1=NN2C(Cc3ccc(Cl)nc3)=NNC2C=C1. The van der Waals surface area contributed by atoms with Gasteiger partial charge in [-0.25, -0.2) is 9.99 Å². The minimum atomic E-state index is 0.0314. The van der Waals surface area contributed by atoms with E-state index in [-0.39, 0.29) is 6.17 Å². The first-order valence-corrected chi connectivity index (χ1v) is 6.05. The van der Waals surface area contributed by atoms with Gasteiger partial charge < -0.3 is 0 Å². The molecule has 1 unspecified atom stereocenters. The van der Waals surface area contributed by atoms with Crippen molar-refractivity contribution in [2.75, 3.05) is 0 Å². The highest BCUT2D eigenvalue weighted by molar-refractivity contribution is 6.29. The molecule has 0 aliphatic carbocycles. The molecule has 1 aromatic rings. The van der Waals surface area contributed by atoms with Gasteiger partial charge in [0.25, 0.3) is 0 Å².